The van der Waals surface area contributed by atoms with Gasteiger partial charge in [0.2, 0.25) is 0 Å². The molecule has 2 aromatic carbocycles. The summed E-state index contributed by atoms with van der Waals surface area (Å²) >= 11 is 0. The van der Waals surface area contributed by atoms with Crippen LogP contribution in [0.3, 0.4) is 0 Å². The number of fused-ring (bicyclic) bond motifs is 1. The molecule has 1 saturated heterocycles. The summed E-state index contributed by atoms with van der Waals surface area (Å²) in [7, 11) is 2.13. The van der Waals surface area contributed by atoms with Crippen LogP contribution in [0.25, 0.3) is 22.3 Å². The number of halogens is 1. The topological polar surface area (TPSA) is 52.2 Å². The van der Waals surface area contributed by atoms with Crippen LogP contribution in [0.15, 0.2) is 41.2 Å². The first kappa shape index (κ1) is 16.7. The van der Waals surface area contributed by atoms with Gasteiger partial charge in [0.25, 0.3) is 5.56 Å². The van der Waals surface area contributed by atoms with Crippen molar-refractivity contribution in [1.82, 2.24) is 14.9 Å². The number of aromatic nitrogens is 2. The van der Waals surface area contributed by atoms with Gasteiger partial charge >= 0.3 is 0 Å². The van der Waals surface area contributed by atoms with E-state index in [2.05, 4.69) is 38.9 Å². The molecule has 0 spiro atoms. The maximum absolute atomic E-state index is 13.6. The SMILES string of the molecule is Cc1cc(F)cc2c(=O)[nH]c(-c3ccc(N4CCN(C)CC4)cc3)nc12. The number of likely N-dealkylation sites (N-methyl/N-ethyl adjacent to an activating group) is 1. The molecule has 26 heavy (non-hydrogen) atoms. The molecule has 1 aliphatic rings. The third kappa shape index (κ3) is 3.08. The Bertz CT molecular complexity index is 1000. The first-order chi connectivity index (χ1) is 12.5. The summed E-state index contributed by atoms with van der Waals surface area (Å²) in [6.45, 7) is 5.88. The van der Waals surface area contributed by atoms with E-state index >= 15 is 0 Å². The van der Waals surface area contributed by atoms with E-state index in [9.17, 15) is 9.18 Å². The molecule has 1 N–H and O–H groups in total. The van der Waals surface area contributed by atoms with Gasteiger partial charge in [-0.3, -0.25) is 4.79 Å². The summed E-state index contributed by atoms with van der Waals surface area (Å²) in [5, 5.41) is 0.278. The second kappa shape index (κ2) is 6.53. The summed E-state index contributed by atoms with van der Waals surface area (Å²) in [6, 6.07) is 10.7. The number of piperazine rings is 1. The predicted octanol–water partition coefficient (Wildman–Crippen LogP) is 2.79. The zero-order valence-electron chi connectivity index (χ0n) is 14.9. The molecule has 0 aliphatic carbocycles. The van der Waals surface area contributed by atoms with E-state index in [1.807, 2.05) is 12.1 Å². The van der Waals surface area contributed by atoms with Gasteiger partial charge in [-0.15, -0.1) is 0 Å². The van der Waals surface area contributed by atoms with Crippen LogP contribution in [0.2, 0.25) is 0 Å². The number of nitrogens with one attached hydrogen (secondary N) is 1. The van der Waals surface area contributed by atoms with Crippen molar-refractivity contribution in [3.05, 3.63) is 58.1 Å². The van der Waals surface area contributed by atoms with Gasteiger partial charge in [0.15, 0.2) is 0 Å². The highest BCUT2D eigenvalue weighted by Gasteiger charge is 2.15. The van der Waals surface area contributed by atoms with Gasteiger partial charge < -0.3 is 14.8 Å². The number of anilines is 1. The zero-order chi connectivity index (χ0) is 18.3. The Hall–Kier alpha value is -2.73. The molecule has 0 amide bonds. The Balaban J connectivity index is 1.68. The Morgan fingerprint density at radius 2 is 1.77 bits per heavy atom. The van der Waals surface area contributed by atoms with Gasteiger partial charge in [-0.05, 0) is 55.9 Å². The van der Waals surface area contributed by atoms with Gasteiger partial charge in [-0.1, -0.05) is 0 Å². The average Bonchev–Trinajstić information content (AvgIpc) is 2.63. The molecular weight excluding hydrogens is 331 g/mol. The van der Waals surface area contributed by atoms with Crippen molar-refractivity contribution in [3.8, 4) is 11.4 Å². The van der Waals surface area contributed by atoms with Crippen LogP contribution in [0, 0.1) is 12.7 Å². The molecule has 5 nitrogen and oxygen atoms in total. The highest BCUT2D eigenvalue weighted by molar-refractivity contribution is 5.82. The molecule has 0 unspecified atom stereocenters. The number of aromatic amines is 1. The minimum Gasteiger partial charge on any atom is -0.369 e. The van der Waals surface area contributed by atoms with Crippen LogP contribution in [0.4, 0.5) is 10.1 Å². The monoisotopic (exact) mass is 352 g/mol. The van der Waals surface area contributed by atoms with E-state index in [0.29, 0.717) is 16.9 Å². The molecule has 134 valence electrons. The lowest BCUT2D eigenvalue weighted by Gasteiger charge is -2.34. The van der Waals surface area contributed by atoms with E-state index in [0.717, 1.165) is 31.7 Å². The Morgan fingerprint density at radius 1 is 1.08 bits per heavy atom. The largest absolute Gasteiger partial charge is 0.369 e. The summed E-state index contributed by atoms with van der Waals surface area (Å²) in [5.74, 6) is 0.0775. The number of benzene rings is 2. The van der Waals surface area contributed by atoms with Gasteiger partial charge in [-0.25, -0.2) is 9.37 Å². The van der Waals surface area contributed by atoms with Crippen LogP contribution in [-0.2, 0) is 0 Å². The molecule has 0 saturated carbocycles. The van der Waals surface area contributed by atoms with Gasteiger partial charge in [0.1, 0.15) is 11.6 Å². The van der Waals surface area contributed by atoms with Crippen LogP contribution in [-0.4, -0.2) is 48.1 Å². The first-order valence-corrected chi connectivity index (χ1v) is 8.75. The number of aryl methyl sites for hydroxylation is 1. The highest BCUT2D eigenvalue weighted by atomic mass is 19.1. The van der Waals surface area contributed by atoms with Crippen molar-refractivity contribution < 1.29 is 4.39 Å². The third-order valence-corrected chi connectivity index (χ3v) is 4.97. The van der Waals surface area contributed by atoms with Crippen molar-refractivity contribution >= 4 is 16.6 Å². The fourth-order valence-electron chi connectivity index (χ4n) is 3.40. The zero-order valence-corrected chi connectivity index (χ0v) is 14.9. The quantitative estimate of drug-likeness (QED) is 0.771. The molecule has 2 heterocycles. The van der Waals surface area contributed by atoms with Gasteiger partial charge in [0, 0.05) is 37.4 Å². The molecule has 0 radical (unpaired) electrons. The second-order valence-electron chi connectivity index (χ2n) is 6.87. The molecule has 3 aromatic rings. The van der Waals surface area contributed by atoms with Crippen LogP contribution < -0.4 is 10.5 Å². The lowest BCUT2D eigenvalue weighted by molar-refractivity contribution is 0.313. The van der Waals surface area contributed by atoms with E-state index in [-0.39, 0.29) is 10.9 Å². The van der Waals surface area contributed by atoms with Crippen molar-refractivity contribution in [3.63, 3.8) is 0 Å². The lowest BCUT2D eigenvalue weighted by Crippen LogP contribution is -2.44. The molecule has 6 heteroatoms. The number of nitrogens with zero attached hydrogens (tertiary/aromatic N) is 3. The van der Waals surface area contributed by atoms with Crippen molar-refractivity contribution in [1.29, 1.82) is 0 Å². The fraction of sp³-hybridized carbons (Fsp3) is 0.300. The average molecular weight is 352 g/mol. The number of hydrogen-bond donors (Lipinski definition) is 1. The third-order valence-electron chi connectivity index (χ3n) is 4.97. The van der Waals surface area contributed by atoms with Crippen LogP contribution >= 0.6 is 0 Å². The van der Waals surface area contributed by atoms with Gasteiger partial charge in [-0.2, -0.15) is 0 Å². The number of H-pyrrole nitrogens is 1. The Labute approximate surface area is 151 Å². The summed E-state index contributed by atoms with van der Waals surface area (Å²) < 4.78 is 13.6. The predicted molar refractivity (Wildman–Crippen MR) is 102 cm³/mol. The molecule has 1 fully saturated rings. The van der Waals surface area contributed by atoms with Crippen molar-refractivity contribution in [2.24, 2.45) is 0 Å². The minimum absolute atomic E-state index is 0.278. The van der Waals surface area contributed by atoms with Crippen LogP contribution in [0.5, 0.6) is 0 Å². The van der Waals surface area contributed by atoms with Gasteiger partial charge in [0.05, 0.1) is 10.9 Å². The molecule has 1 aromatic heterocycles. The van der Waals surface area contributed by atoms with Crippen molar-refractivity contribution in [2.75, 3.05) is 38.1 Å². The standard InChI is InChI=1S/C20H21FN4O/c1-13-11-15(21)12-17-18(13)22-19(23-20(17)26)14-3-5-16(6-4-14)25-9-7-24(2)8-10-25/h3-6,11-12H,7-10H2,1-2H3,(H,22,23,26). The number of rotatable bonds is 2. The minimum atomic E-state index is -0.424. The van der Waals surface area contributed by atoms with Crippen molar-refractivity contribution in [2.45, 2.75) is 6.92 Å². The summed E-state index contributed by atoms with van der Waals surface area (Å²) in [5.41, 5.74) is 2.87. The maximum atomic E-state index is 13.6. The lowest BCUT2D eigenvalue weighted by atomic mass is 10.1. The highest BCUT2D eigenvalue weighted by Crippen LogP contribution is 2.23. The fourth-order valence-corrected chi connectivity index (χ4v) is 3.40. The molecular formula is C20H21FN4O. The number of hydrogen-bond acceptors (Lipinski definition) is 4. The van der Waals surface area contributed by atoms with E-state index in [1.54, 1.807) is 6.92 Å². The van der Waals surface area contributed by atoms with E-state index < -0.39 is 5.82 Å². The molecule has 4 rings (SSSR count). The normalized spacial score (nSPS) is 15.6. The molecule has 0 atom stereocenters. The summed E-state index contributed by atoms with van der Waals surface area (Å²) in [6.07, 6.45) is 0. The maximum Gasteiger partial charge on any atom is 0.259 e. The molecule has 0 bridgehead atoms. The summed E-state index contributed by atoms with van der Waals surface area (Å²) in [4.78, 5) is 24.3. The first-order valence-electron chi connectivity index (χ1n) is 8.75. The van der Waals surface area contributed by atoms with E-state index in [1.165, 1.54) is 17.8 Å². The van der Waals surface area contributed by atoms with E-state index in [4.69, 9.17) is 0 Å². The molecule has 1 aliphatic heterocycles. The Morgan fingerprint density at radius 3 is 2.46 bits per heavy atom. The van der Waals surface area contributed by atoms with Crippen LogP contribution in [0.1, 0.15) is 5.56 Å². The Kier molecular flexibility index (Phi) is 4.20. The smallest absolute Gasteiger partial charge is 0.259 e. The second-order valence-corrected chi connectivity index (χ2v) is 6.87.